The minimum Gasteiger partial charge on any atom is -0.370 e. The van der Waals surface area contributed by atoms with Gasteiger partial charge in [0.2, 0.25) is 0 Å². The van der Waals surface area contributed by atoms with Gasteiger partial charge in [0, 0.05) is 18.9 Å². The van der Waals surface area contributed by atoms with Crippen LogP contribution in [-0.2, 0) is 6.54 Å². The fourth-order valence-corrected chi connectivity index (χ4v) is 1.16. The van der Waals surface area contributed by atoms with Crippen LogP contribution in [0.25, 0.3) is 0 Å². The lowest BCUT2D eigenvalue weighted by molar-refractivity contribution is 0.0671. The fourth-order valence-electron chi connectivity index (χ4n) is 1.16. The van der Waals surface area contributed by atoms with Crippen LogP contribution >= 0.6 is 0 Å². The summed E-state index contributed by atoms with van der Waals surface area (Å²) < 4.78 is 25.7. The molecule has 0 saturated heterocycles. The quantitative estimate of drug-likeness (QED) is 0.607. The Labute approximate surface area is 98.7 Å². The normalized spacial score (nSPS) is 12.5. The topological polar surface area (TPSA) is 68.2 Å². The second-order valence-corrected chi connectivity index (χ2v) is 4.00. The van der Waals surface area contributed by atoms with Gasteiger partial charge in [0.05, 0.1) is 0 Å². The average Bonchev–Trinajstić information content (AvgIpc) is 2.71. The molecule has 1 heterocycles. The summed E-state index contributed by atoms with van der Waals surface area (Å²) in [6.45, 7) is 2.19. The Morgan fingerprint density at radius 1 is 1.59 bits per heavy atom. The molecule has 0 aliphatic carbocycles. The maximum Gasteiger partial charge on any atom is 0.319 e. The number of nitrogens with one attached hydrogen (secondary N) is 1. The zero-order chi connectivity index (χ0) is 12.8. The first kappa shape index (κ1) is 13.4. The Hall–Kier alpha value is -1.66. The first-order chi connectivity index (χ1) is 8.00. The van der Waals surface area contributed by atoms with E-state index in [2.05, 4.69) is 15.3 Å². The van der Waals surface area contributed by atoms with Gasteiger partial charge >= 0.3 is 6.55 Å². The second-order valence-electron chi connectivity index (χ2n) is 4.00. The number of alkyl halides is 2. The third kappa shape index (κ3) is 4.38. The van der Waals surface area contributed by atoms with E-state index in [9.17, 15) is 8.78 Å². The lowest BCUT2D eigenvalue weighted by atomic mass is 10.2. The number of nitrogens with zero attached hydrogens (tertiary/aromatic N) is 3. The van der Waals surface area contributed by atoms with E-state index >= 15 is 0 Å². The van der Waals surface area contributed by atoms with Crippen LogP contribution in [0.15, 0.2) is 17.4 Å². The molecular weight excluding hydrogens is 228 g/mol. The van der Waals surface area contributed by atoms with Gasteiger partial charge in [-0.2, -0.15) is 8.78 Å². The predicted octanol–water partition coefficient (Wildman–Crippen LogP) is 1.34. The van der Waals surface area contributed by atoms with Crippen molar-refractivity contribution < 1.29 is 8.78 Å². The van der Waals surface area contributed by atoms with Gasteiger partial charge in [0.1, 0.15) is 12.4 Å². The molecule has 96 valence electrons. The number of halogens is 2. The molecule has 0 unspecified atom stereocenters. The Morgan fingerprint density at radius 2 is 2.29 bits per heavy atom. The summed E-state index contributed by atoms with van der Waals surface area (Å²) in [4.78, 5) is 7.75. The standard InChI is InChI=1S/C10H17F2N5/c1-7(2)5-15-10(13)16-6-8-14-3-4-17(8)9(11)12/h3-4,7,9H,5-6H2,1-2H3,(H3,13,15,16). The minimum atomic E-state index is -2.60. The molecule has 0 amide bonds. The molecule has 0 radical (unpaired) electrons. The fraction of sp³-hybridized carbons (Fsp3) is 0.600. The third-order valence-electron chi connectivity index (χ3n) is 2.04. The summed E-state index contributed by atoms with van der Waals surface area (Å²) in [5, 5.41) is 2.90. The molecule has 0 aliphatic rings. The summed E-state index contributed by atoms with van der Waals surface area (Å²) >= 11 is 0. The predicted molar refractivity (Wildman–Crippen MR) is 61.6 cm³/mol. The molecule has 0 bridgehead atoms. The van der Waals surface area contributed by atoms with Crippen molar-refractivity contribution in [3.8, 4) is 0 Å². The molecule has 1 aromatic rings. The monoisotopic (exact) mass is 245 g/mol. The minimum absolute atomic E-state index is 0.0360. The van der Waals surface area contributed by atoms with E-state index in [1.807, 2.05) is 13.8 Å². The summed E-state index contributed by atoms with van der Waals surface area (Å²) in [6.07, 6.45) is 2.53. The van der Waals surface area contributed by atoms with E-state index < -0.39 is 6.55 Å². The first-order valence-corrected chi connectivity index (χ1v) is 5.34. The molecule has 7 heteroatoms. The Kier molecular flexibility index (Phi) is 4.86. The molecular formula is C10H17F2N5. The van der Waals surface area contributed by atoms with E-state index in [-0.39, 0.29) is 18.3 Å². The third-order valence-corrected chi connectivity index (χ3v) is 2.04. The number of hydrogen-bond acceptors (Lipinski definition) is 2. The van der Waals surface area contributed by atoms with Crippen molar-refractivity contribution in [2.24, 2.45) is 16.6 Å². The van der Waals surface area contributed by atoms with Crippen molar-refractivity contribution >= 4 is 5.96 Å². The SMILES string of the molecule is CC(C)CNC(N)=NCc1nccn1C(F)F. The summed E-state index contributed by atoms with van der Waals surface area (Å²) in [7, 11) is 0. The molecule has 3 N–H and O–H groups in total. The van der Waals surface area contributed by atoms with Crippen LogP contribution in [-0.4, -0.2) is 22.1 Å². The van der Waals surface area contributed by atoms with Gasteiger partial charge in [0.15, 0.2) is 5.96 Å². The molecule has 1 aromatic heterocycles. The lowest BCUT2D eigenvalue weighted by Crippen LogP contribution is -2.34. The Morgan fingerprint density at radius 3 is 2.88 bits per heavy atom. The van der Waals surface area contributed by atoms with Gasteiger partial charge in [-0.1, -0.05) is 13.8 Å². The average molecular weight is 245 g/mol. The highest BCUT2D eigenvalue weighted by molar-refractivity contribution is 5.77. The van der Waals surface area contributed by atoms with Crippen molar-refractivity contribution in [1.29, 1.82) is 0 Å². The first-order valence-electron chi connectivity index (χ1n) is 5.34. The molecule has 0 saturated carbocycles. The van der Waals surface area contributed by atoms with E-state index in [4.69, 9.17) is 5.73 Å². The molecule has 5 nitrogen and oxygen atoms in total. The van der Waals surface area contributed by atoms with Gasteiger partial charge in [0.25, 0.3) is 0 Å². The highest BCUT2D eigenvalue weighted by atomic mass is 19.3. The van der Waals surface area contributed by atoms with Gasteiger partial charge in [-0.15, -0.1) is 0 Å². The lowest BCUT2D eigenvalue weighted by Gasteiger charge is -2.08. The van der Waals surface area contributed by atoms with Crippen LogP contribution in [0.1, 0.15) is 26.2 Å². The van der Waals surface area contributed by atoms with Crippen LogP contribution in [0.2, 0.25) is 0 Å². The second kappa shape index (κ2) is 6.17. The van der Waals surface area contributed by atoms with Gasteiger partial charge in [-0.25, -0.2) is 9.98 Å². The molecule has 17 heavy (non-hydrogen) atoms. The van der Waals surface area contributed by atoms with E-state index in [0.717, 1.165) is 4.57 Å². The van der Waals surface area contributed by atoms with Crippen molar-refractivity contribution in [3.05, 3.63) is 18.2 Å². The van der Waals surface area contributed by atoms with Crippen LogP contribution < -0.4 is 11.1 Å². The van der Waals surface area contributed by atoms with E-state index in [1.54, 1.807) is 0 Å². The highest BCUT2D eigenvalue weighted by Gasteiger charge is 2.10. The van der Waals surface area contributed by atoms with Crippen LogP contribution in [0.3, 0.4) is 0 Å². The van der Waals surface area contributed by atoms with Gasteiger partial charge in [-0.05, 0) is 5.92 Å². The smallest absolute Gasteiger partial charge is 0.319 e. The zero-order valence-corrected chi connectivity index (χ0v) is 9.90. The molecule has 0 aromatic carbocycles. The summed E-state index contributed by atoms with van der Waals surface area (Å²) in [5.41, 5.74) is 5.58. The van der Waals surface area contributed by atoms with Crippen LogP contribution in [0, 0.1) is 5.92 Å². The molecule has 0 atom stereocenters. The number of imidazole rings is 1. The number of nitrogens with two attached hydrogens (primary N) is 1. The number of aliphatic imine (C=N–C) groups is 1. The van der Waals surface area contributed by atoms with Crippen molar-refractivity contribution in [2.75, 3.05) is 6.54 Å². The Balaban J connectivity index is 2.53. The number of guanidine groups is 1. The Bertz CT molecular complexity index is 373. The maximum atomic E-state index is 12.5. The van der Waals surface area contributed by atoms with Gasteiger partial charge in [-0.3, -0.25) is 4.57 Å². The number of hydrogen-bond donors (Lipinski definition) is 2. The van der Waals surface area contributed by atoms with E-state index in [1.165, 1.54) is 12.4 Å². The van der Waals surface area contributed by atoms with E-state index in [0.29, 0.717) is 12.5 Å². The summed E-state index contributed by atoms with van der Waals surface area (Å²) in [5.74, 6) is 0.864. The number of aromatic nitrogens is 2. The molecule has 0 aliphatic heterocycles. The number of rotatable bonds is 5. The zero-order valence-electron chi connectivity index (χ0n) is 9.90. The van der Waals surface area contributed by atoms with Gasteiger partial charge < -0.3 is 11.1 Å². The van der Waals surface area contributed by atoms with Crippen molar-refractivity contribution in [1.82, 2.24) is 14.9 Å². The van der Waals surface area contributed by atoms with Crippen LogP contribution in [0.4, 0.5) is 8.78 Å². The highest BCUT2D eigenvalue weighted by Crippen LogP contribution is 2.12. The molecule has 0 fully saturated rings. The molecule has 0 spiro atoms. The summed E-state index contributed by atoms with van der Waals surface area (Å²) in [6, 6.07) is 0. The maximum absolute atomic E-state index is 12.5. The van der Waals surface area contributed by atoms with Crippen LogP contribution in [0.5, 0.6) is 0 Å². The molecule has 1 rings (SSSR count). The van der Waals surface area contributed by atoms with Crippen molar-refractivity contribution in [3.63, 3.8) is 0 Å². The van der Waals surface area contributed by atoms with Crippen molar-refractivity contribution in [2.45, 2.75) is 26.9 Å². The largest absolute Gasteiger partial charge is 0.370 e.